The topological polar surface area (TPSA) is 70.9 Å². The fourth-order valence-corrected chi connectivity index (χ4v) is 2.20. The minimum Gasteiger partial charge on any atom is -0.408 e. The summed E-state index contributed by atoms with van der Waals surface area (Å²) in [6, 6.07) is 9.57. The first-order valence-electron chi connectivity index (χ1n) is 6.18. The van der Waals surface area contributed by atoms with E-state index in [0.717, 1.165) is 34.3 Å². The third-order valence-electron chi connectivity index (χ3n) is 2.93. The molecule has 20 heavy (non-hydrogen) atoms. The third kappa shape index (κ3) is 2.91. The molecule has 0 spiro atoms. The number of rotatable bonds is 4. The van der Waals surface area contributed by atoms with E-state index in [1.54, 1.807) is 6.20 Å². The van der Waals surface area contributed by atoms with Gasteiger partial charge in [0.25, 0.3) is 0 Å². The number of halogens is 1. The van der Waals surface area contributed by atoms with Crippen LogP contribution >= 0.6 is 15.9 Å². The first kappa shape index (κ1) is 12.9. The van der Waals surface area contributed by atoms with E-state index in [2.05, 4.69) is 31.2 Å². The molecule has 0 aliphatic heterocycles. The number of aromatic amines is 1. The van der Waals surface area contributed by atoms with Crippen LogP contribution in [0.15, 0.2) is 50.2 Å². The number of anilines is 1. The zero-order valence-corrected chi connectivity index (χ0v) is 12.1. The van der Waals surface area contributed by atoms with Gasteiger partial charge in [-0.15, -0.1) is 0 Å². The van der Waals surface area contributed by atoms with Gasteiger partial charge in [0.2, 0.25) is 0 Å². The Morgan fingerprint density at radius 1 is 1.30 bits per heavy atom. The van der Waals surface area contributed by atoms with Crippen molar-refractivity contribution in [1.29, 1.82) is 0 Å². The SMILES string of the molecule is O=c1[nH]c2ccc(CCNc3ccc(Br)cn3)cc2o1. The molecule has 2 heterocycles. The molecule has 0 aliphatic carbocycles. The number of aromatic nitrogens is 2. The Morgan fingerprint density at radius 3 is 3.00 bits per heavy atom. The minimum atomic E-state index is -0.422. The van der Waals surface area contributed by atoms with Gasteiger partial charge in [-0.05, 0) is 52.2 Å². The molecule has 0 aliphatic rings. The Hall–Kier alpha value is -2.08. The standard InChI is InChI=1S/C14H12BrN3O2/c15-10-2-4-13(17-8-10)16-6-5-9-1-3-11-12(7-9)20-14(19)18-11/h1-4,7-8H,5-6H2,(H,16,17)(H,18,19). The zero-order valence-electron chi connectivity index (χ0n) is 10.5. The van der Waals surface area contributed by atoms with Crippen molar-refractivity contribution in [3.05, 3.63) is 57.1 Å². The molecule has 102 valence electrons. The lowest BCUT2D eigenvalue weighted by molar-refractivity contribution is 0.555. The number of hydrogen-bond donors (Lipinski definition) is 2. The number of benzene rings is 1. The van der Waals surface area contributed by atoms with E-state index in [9.17, 15) is 4.79 Å². The van der Waals surface area contributed by atoms with Crippen LogP contribution in [-0.4, -0.2) is 16.5 Å². The molecule has 0 radical (unpaired) electrons. The van der Waals surface area contributed by atoms with Crippen LogP contribution in [0, 0.1) is 0 Å². The fourth-order valence-electron chi connectivity index (χ4n) is 1.96. The molecule has 0 unspecified atom stereocenters. The first-order chi connectivity index (χ1) is 9.70. The van der Waals surface area contributed by atoms with Gasteiger partial charge in [0.15, 0.2) is 5.58 Å². The predicted molar refractivity (Wildman–Crippen MR) is 81.0 cm³/mol. The Labute approximate surface area is 123 Å². The molecular weight excluding hydrogens is 322 g/mol. The summed E-state index contributed by atoms with van der Waals surface area (Å²) < 4.78 is 5.99. The highest BCUT2D eigenvalue weighted by Gasteiger charge is 2.02. The van der Waals surface area contributed by atoms with Crippen molar-refractivity contribution >= 4 is 32.8 Å². The van der Waals surface area contributed by atoms with Crippen molar-refractivity contribution < 1.29 is 4.42 Å². The molecule has 0 bridgehead atoms. The molecule has 1 aromatic carbocycles. The number of pyridine rings is 1. The summed E-state index contributed by atoms with van der Waals surface area (Å²) in [6.07, 6.45) is 2.57. The van der Waals surface area contributed by atoms with E-state index in [-0.39, 0.29) is 0 Å². The van der Waals surface area contributed by atoms with Crippen molar-refractivity contribution in [3.8, 4) is 0 Å². The van der Waals surface area contributed by atoms with Crippen molar-refractivity contribution in [3.63, 3.8) is 0 Å². The second-order valence-electron chi connectivity index (χ2n) is 4.38. The molecular formula is C14H12BrN3O2. The van der Waals surface area contributed by atoms with E-state index in [0.29, 0.717) is 5.58 Å². The first-order valence-corrected chi connectivity index (χ1v) is 6.97. The molecule has 0 fully saturated rings. The number of nitrogens with one attached hydrogen (secondary N) is 2. The second-order valence-corrected chi connectivity index (χ2v) is 5.30. The Balaban J connectivity index is 1.64. The molecule has 0 saturated carbocycles. The average Bonchev–Trinajstić information content (AvgIpc) is 2.80. The van der Waals surface area contributed by atoms with E-state index in [4.69, 9.17) is 4.42 Å². The third-order valence-corrected chi connectivity index (χ3v) is 3.40. The van der Waals surface area contributed by atoms with E-state index in [1.807, 2.05) is 30.3 Å². The molecule has 0 amide bonds. The van der Waals surface area contributed by atoms with Crippen molar-refractivity contribution in [1.82, 2.24) is 9.97 Å². The monoisotopic (exact) mass is 333 g/mol. The van der Waals surface area contributed by atoms with Crippen molar-refractivity contribution in [2.75, 3.05) is 11.9 Å². The summed E-state index contributed by atoms with van der Waals surface area (Å²) in [6.45, 7) is 0.759. The average molecular weight is 334 g/mol. The maximum Gasteiger partial charge on any atom is 0.417 e. The highest BCUT2D eigenvalue weighted by atomic mass is 79.9. The van der Waals surface area contributed by atoms with Gasteiger partial charge >= 0.3 is 5.76 Å². The van der Waals surface area contributed by atoms with Gasteiger partial charge in [0, 0.05) is 17.2 Å². The van der Waals surface area contributed by atoms with Crippen LogP contribution < -0.4 is 11.1 Å². The zero-order chi connectivity index (χ0) is 13.9. The molecule has 6 heteroatoms. The van der Waals surface area contributed by atoms with Gasteiger partial charge in [-0.25, -0.2) is 9.78 Å². The molecule has 0 atom stereocenters. The van der Waals surface area contributed by atoms with Crippen LogP contribution in [0.3, 0.4) is 0 Å². The largest absolute Gasteiger partial charge is 0.417 e. The fraction of sp³-hybridized carbons (Fsp3) is 0.143. The number of H-pyrrole nitrogens is 1. The summed E-state index contributed by atoms with van der Waals surface area (Å²) in [4.78, 5) is 17.9. The predicted octanol–water partition coefficient (Wildman–Crippen LogP) is 2.93. The normalized spacial score (nSPS) is 10.8. The van der Waals surface area contributed by atoms with Crippen LogP contribution in [0.5, 0.6) is 0 Å². The molecule has 0 saturated heterocycles. The van der Waals surface area contributed by atoms with Crippen LogP contribution in [0.4, 0.5) is 5.82 Å². The van der Waals surface area contributed by atoms with Gasteiger partial charge in [-0.3, -0.25) is 4.98 Å². The van der Waals surface area contributed by atoms with E-state index >= 15 is 0 Å². The summed E-state index contributed by atoms with van der Waals surface area (Å²) >= 11 is 3.35. The molecule has 5 nitrogen and oxygen atoms in total. The Bertz CT molecular complexity index is 777. The summed E-state index contributed by atoms with van der Waals surface area (Å²) in [5, 5.41) is 3.24. The maximum atomic E-state index is 11.1. The van der Waals surface area contributed by atoms with Crippen molar-refractivity contribution in [2.45, 2.75) is 6.42 Å². The van der Waals surface area contributed by atoms with Crippen LogP contribution in [-0.2, 0) is 6.42 Å². The Kier molecular flexibility index (Phi) is 3.56. The number of fused-ring (bicyclic) bond motifs is 1. The van der Waals surface area contributed by atoms with Gasteiger partial charge in [0.1, 0.15) is 5.82 Å². The lowest BCUT2D eigenvalue weighted by Gasteiger charge is -2.05. The van der Waals surface area contributed by atoms with E-state index in [1.165, 1.54) is 0 Å². The molecule has 2 N–H and O–H groups in total. The van der Waals surface area contributed by atoms with Crippen LogP contribution in [0.1, 0.15) is 5.56 Å². The van der Waals surface area contributed by atoms with Crippen LogP contribution in [0.25, 0.3) is 11.1 Å². The maximum absolute atomic E-state index is 11.1. The molecule has 3 rings (SSSR count). The van der Waals surface area contributed by atoms with Gasteiger partial charge in [-0.2, -0.15) is 0 Å². The van der Waals surface area contributed by atoms with Gasteiger partial charge in [0.05, 0.1) is 5.52 Å². The van der Waals surface area contributed by atoms with Gasteiger partial charge < -0.3 is 9.73 Å². The van der Waals surface area contributed by atoms with Gasteiger partial charge in [-0.1, -0.05) is 6.07 Å². The van der Waals surface area contributed by atoms with E-state index < -0.39 is 5.76 Å². The summed E-state index contributed by atoms with van der Waals surface area (Å²) in [5.41, 5.74) is 2.42. The molecule has 3 aromatic rings. The second kappa shape index (κ2) is 5.50. The summed E-state index contributed by atoms with van der Waals surface area (Å²) in [5.74, 6) is 0.414. The highest BCUT2D eigenvalue weighted by Crippen LogP contribution is 2.14. The smallest absolute Gasteiger partial charge is 0.408 e. The van der Waals surface area contributed by atoms with Crippen molar-refractivity contribution in [2.24, 2.45) is 0 Å². The lowest BCUT2D eigenvalue weighted by Crippen LogP contribution is -2.05. The Morgan fingerprint density at radius 2 is 2.20 bits per heavy atom. The van der Waals surface area contributed by atoms with Crippen LogP contribution in [0.2, 0.25) is 0 Å². The number of hydrogen-bond acceptors (Lipinski definition) is 4. The minimum absolute atomic E-state index is 0.422. The lowest BCUT2D eigenvalue weighted by atomic mass is 10.1. The number of oxazole rings is 1. The number of nitrogens with zero attached hydrogens (tertiary/aromatic N) is 1. The molecule has 2 aromatic heterocycles. The highest BCUT2D eigenvalue weighted by molar-refractivity contribution is 9.10. The summed E-state index contributed by atoms with van der Waals surface area (Å²) in [7, 11) is 0. The quantitative estimate of drug-likeness (QED) is 0.770.